The number of phosphoric ester groups is 1. The summed E-state index contributed by atoms with van der Waals surface area (Å²) in [7, 11) is -4.53. The Bertz CT molecular complexity index is 114. The molecule has 16 heavy (non-hydrogen) atoms. The monoisotopic (exact) mass is 306 g/mol. The van der Waals surface area contributed by atoms with Crippen molar-refractivity contribution in [3.8, 4) is 0 Å². The van der Waals surface area contributed by atoms with Crippen LogP contribution in [0.1, 0.15) is 0 Å². The fourth-order valence-electron chi connectivity index (χ4n) is 0.0561. The number of phosphoric acid groups is 1. The molecular weight excluding hydrogens is 288 g/mol. The Kier molecular flexibility index (Phi) is 214. The van der Waals surface area contributed by atoms with Crippen LogP contribution in [-0.4, -0.2) is 138 Å². The molecule has 0 unspecified atom stereocenters. The topological polar surface area (TPSA) is 273 Å². The standard InChI is InChI=1S/CH3O5P.3Na.6H2O.3H/c2-1-6-7(3,4)5;;;;;;;;;;;;/h1H,(H2,3,4,5);;;;6*1H2;;;. The first-order valence-corrected chi connectivity index (χ1v) is 2.77. The molecule has 0 saturated carbocycles. The first-order valence-electron chi connectivity index (χ1n) is 1.24. The number of rotatable bonds is 2. The molecule has 0 atom stereocenters. The normalized spacial score (nSPS) is 4.62. The van der Waals surface area contributed by atoms with Gasteiger partial charge in [0.25, 0.3) is 0 Å². The van der Waals surface area contributed by atoms with Crippen molar-refractivity contribution in [2.45, 2.75) is 0 Å². The van der Waals surface area contributed by atoms with Crippen LogP contribution in [0.5, 0.6) is 0 Å². The molecule has 0 bridgehead atoms. The van der Waals surface area contributed by atoms with E-state index < -0.39 is 7.82 Å². The summed E-state index contributed by atoms with van der Waals surface area (Å²) in [5.74, 6) is 0. The summed E-state index contributed by atoms with van der Waals surface area (Å²) in [4.78, 5) is 24.5. The van der Waals surface area contributed by atoms with E-state index in [0.29, 0.717) is 0 Å². The number of carbonyl (C=O) groups is 1. The fraction of sp³-hybridized carbons (Fsp3) is 0. The zero-order valence-corrected chi connectivity index (χ0v) is 7.04. The molecule has 0 amide bonds. The van der Waals surface area contributed by atoms with Crippen LogP contribution in [0.2, 0.25) is 0 Å². The summed E-state index contributed by atoms with van der Waals surface area (Å²) in [6.45, 7) is -0.305. The van der Waals surface area contributed by atoms with Crippen molar-refractivity contribution in [3.05, 3.63) is 0 Å². The van der Waals surface area contributed by atoms with E-state index in [4.69, 9.17) is 14.6 Å². The molecular formula is CH18Na3O11P. The SMILES string of the molecule is O.O.O.O.O.O.O=COP(=O)(O)O.[NaH].[NaH].[NaH]. The van der Waals surface area contributed by atoms with Crippen molar-refractivity contribution >= 4 is 103 Å². The number of hydrogen-bond donors (Lipinski definition) is 2. The molecule has 0 aliphatic carbocycles. The average Bonchev–Trinajstić information content (AvgIpc) is 1.30. The van der Waals surface area contributed by atoms with Crippen LogP contribution < -0.4 is 0 Å². The van der Waals surface area contributed by atoms with Crippen molar-refractivity contribution < 1.29 is 56.5 Å². The third-order valence-corrected chi connectivity index (χ3v) is 0.541. The minimum atomic E-state index is -4.53. The van der Waals surface area contributed by atoms with E-state index in [1.165, 1.54) is 0 Å². The first-order chi connectivity index (χ1) is 3.06. The van der Waals surface area contributed by atoms with E-state index in [-0.39, 0.29) is 128 Å². The van der Waals surface area contributed by atoms with E-state index in [1.54, 1.807) is 0 Å². The number of hydrogen-bond acceptors (Lipinski definition) is 3. The Morgan fingerprint density at radius 2 is 1.00 bits per heavy atom. The minimum absolute atomic E-state index is 0. The second kappa shape index (κ2) is 43.3. The molecule has 0 saturated heterocycles. The molecule has 0 radical (unpaired) electrons. The third kappa shape index (κ3) is 95.2. The Hall–Kier alpha value is 2.38. The first kappa shape index (κ1) is 79.1. The Morgan fingerprint density at radius 3 is 1.00 bits per heavy atom. The molecule has 15 heteroatoms. The summed E-state index contributed by atoms with van der Waals surface area (Å²) in [5, 5.41) is 0. The van der Waals surface area contributed by atoms with Crippen LogP contribution in [-0.2, 0) is 13.9 Å². The van der Waals surface area contributed by atoms with Crippen LogP contribution in [0.3, 0.4) is 0 Å². The maximum absolute atomic E-state index is 9.47. The number of carbonyl (C=O) groups excluding carboxylic acids is 1. The fourth-order valence-corrected chi connectivity index (χ4v) is 0.168. The van der Waals surface area contributed by atoms with Crippen LogP contribution in [0.4, 0.5) is 0 Å². The Labute approximate surface area is 157 Å². The van der Waals surface area contributed by atoms with Crippen LogP contribution in [0.15, 0.2) is 0 Å². The average molecular weight is 306 g/mol. The molecule has 0 aliphatic heterocycles. The van der Waals surface area contributed by atoms with Gasteiger partial charge in [-0.25, -0.2) is 4.57 Å². The summed E-state index contributed by atoms with van der Waals surface area (Å²) in [5.41, 5.74) is 0. The van der Waals surface area contributed by atoms with Crippen molar-refractivity contribution in [2.24, 2.45) is 0 Å². The molecule has 0 rings (SSSR count). The molecule has 0 aliphatic rings. The molecule has 0 aromatic carbocycles. The molecule has 0 spiro atoms. The van der Waals surface area contributed by atoms with Crippen LogP contribution in [0, 0.1) is 0 Å². The molecule has 0 heterocycles. The van der Waals surface area contributed by atoms with Gasteiger partial charge in [-0.1, -0.05) is 0 Å². The molecule has 0 aromatic heterocycles. The van der Waals surface area contributed by atoms with Gasteiger partial charge in [0.2, 0.25) is 0 Å². The van der Waals surface area contributed by atoms with Gasteiger partial charge in [-0.05, 0) is 0 Å². The van der Waals surface area contributed by atoms with Gasteiger partial charge in [0.05, 0.1) is 0 Å². The van der Waals surface area contributed by atoms with Gasteiger partial charge in [-0.2, -0.15) is 0 Å². The van der Waals surface area contributed by atoms with Crippen molar-refractivity contribution in [3.63, 3.8) is 0 Å². The Balaban J connectivity index is -0.00000000500. The predicted octanol–water partition coefficient (Wildman–Crippen LogP) is -7.64. The van der Waals surface area contributed by atoms with Crippen LogP contribution in [0.25, 0.3) is 0 Å². The zero-order chi connectivity index (χ0) is 5.91. The van der Waals surface area contributed by atoms with Gasteiger partial charge in [0, 0.05) is 0 Å². The van der Waals surface area contributed by atoms with E-state index >= 15 is 0 Å². The molecule has 11 nitrogen and oxygen atoms in total. The quantitative estimate of drug-likeness (QED) is 0.284. The van der Waals surface area contributed by atoms with Gasteiger partial charge in [0.1, 0.15) is 0 Å². The van der Waals surface area contributed by atoms with Gasteiger partial charge in [0.15, 0.2) is 0 Å². The molecule has 0 fully saturated rings. The Morgan fingerprint density at radius 1 is 0.812 bits per heavy atom. The summed E-state index contributed by atoms with van der Waals surface area (Å²) in [6, 6.07) is 0. The van der Waals surface area contributed by atoms with E-state index in [2.05, 4.69) is 4.52 Å². The predicted molar refractivity (Wildman–Crippen MR) is 62.3 cm³/mol. The van der Waals surface area contributed by atoms with Crippen molar-refractivity contribution in [1.29, 1.82) is 0 Å². The van der Waals surface area contributed by atoms with Gasteiger partial charge in [-0.3, -0.25) is 14.6 Å². The molecule has 96 valence electrons. The maximum atomic E-state index is 9.47. The summed E-state index contributed by atoms with van der Waals surface area (Å²) >= 11 is 0. The second-order valence-corrected chi connectivity index (χ2v) is 1.88. The molecule has 14 N–H and O–H groups in total. The van der Waals surface area contributed by atoms with Crippen LogP contribution >= 0.6 is 7.82 Å². The third-order valence-electron chi connectivity index (χ3n) is 0.180. The van der Waals surface area contributed by atoms with Gasteiger partial charge in [-0.15, -0.1) is 0 Å². The molecule has 0 aromatic rings. The summed E-state index contributed by atoms with van der Waals surface area (Å²) < 4.78 is 12.7. The van der Waals surface area contributed by atoms with Gasteiger partial charge >= 0.3 is 103 Å². The van der Waals surface area contributed by atoms with E-state index in [1.807, 2.05) is 0 Å². The van der Waals surface area contributed by atoms with Crippen molar-refractivity contribution in [2.75, 3.05) is 0 Å². The van der Waals surface area contributed by atoms with E-state index in [9.17, 15) is 4.57 Å². The zero-order valence-electron chi connectivity index (χ0n) is 6.14. The van der Waals surface area contributed by atoms with Crippen molar-refractivity contribution in [1.82, 2.24) is 0 Å². The van der Waals surface area contributed by atoms with E-state index in [0.717, 1.165) is 0 Å². The summed E-state index contributed by atoms with van der Waals surface area (Å²) in [6.07, 6.45) is 0. The second-order valence-electron chi connectivity index (χ2n) is 0.692. The van der Waals surface area contributed by atoms with Gasteiger partial charge < -0.3 is 37.4 Å².